The van der Waals surface area contributed by atoms with Crippen molar-refractivity contribution in [2.24, 2.45) is 0 Å². The zero-order valence-electron chi connectivity index (χ0n) is 18.6. The highest BCUT2D eigenvalue weighted by Gasteiger charge is 2.12. The maximum Gasteiger partial charge on any atom is 0.338 e. The monoisotopic (exact) mass is 441 g/mol. The van der Waals surface area contributed by atoms with Crippen LogP contribution in [0.5, 0.6) is 0 Å². The van der Waals surface area contributed by atoms with Crippen LogP contribution in [0, 0.1) is 0 Å². The lowest BCUT2D eigenvalue weighted by molar-refractivity contribution is 0.0473. The number of nitrogens with zero attached hydrogens (tertiary/aromatic N) is 1. The van der Waals surface area contributed by atoms with E-state index in [1.807, 2.05) is 84.9 Å². The van der Waals surface area contributed by atoms with Crippen LogP contribution < -0.4 is 0 Å². The molecule has 0 saturated carbocycles. The van der Waals surface area contributed by atoms with Crippen molar-refractivity contribution in [2.45, 2.75) is 6.61 Å². The van der Waals surface area contributed by atoms with Gasteiger partial charge in [0, 0.05) is 11.1 Å². The number of aromatic nitrogens is 1. The SMILES string of the molecule is O=C(OCc1ccccc1)c1cccc(-c2cc(-c3ccccc3)nc(-c3ccccc3)c2)c1. The molecule has 0 amide bonds. The maximum absolute atomic E-state index is 12.7. The Labute approximate surface area is 199 Å². The lowest BCUT2D eigenvalue weighted by Gasteiger charge is -2.11. The lowest BCUT2D eigenvalue weighted by atomic mass is 9.98. The van der Waals surface area contributed by atoms with Crippen molar-refractivity contribution < 1.29 is 9.53 Å². The molecule has 4 aromatic carbocycles. The zero-order chi connectivity index (χ0) is 23.2. The third kappa shape index (κ3) is 4.94. The molecular formula is C31H23NO2. The van der Waals surface area contributed by atoms with E-state index in [1.165, 1.54) is 0 Å². The van der Waals surface area contributed by atoms with E-state index in [9.17, 15) is 4.79 Å². The molecule has 0 aliphatic carbocycles. The molecule has 5 aromatic rings. The Kier molecular flexibility index (Phi) is 6.26. The standard InChI is InChI=1S/C31H23NO2/c33-31(34-22-23-11-4-1-5-12-23)27-18-10-17-26(19-27)28-20-29(24-13-6-2-7-14-24)32-30(21-28)25-15-8-3-9-16-25/h1-21H,22H2. The van der Waals surface area contributed by atoms with Gasteiger partial charge in [0.2, 0.25) is 0 Å². The topological polar surface area (TPSA) is 39.2 Å². The first-order chi connectivity index (χ1) is 16.8. The second-order valence-electron chi connectivity index (χ2n) is 8.00. The van der Waals surface area contributed by atoms with Gasteiger partial charge >= 0.3 is 5.97 Å². The summed E-state index contributed by atoms with van der Waals surface area (Å²) in [6, 6.07) is 41.6. The Balaban J connectivity index is 1.50. The fourth-order valence-corrected chi connectivity index (χ4v) is 3.84. The number of rotatable bonds is 6. The van der Waals surface area contributed by atoms with E-state index in [0.717, 1.165) is 39.2 Å². The van der Waals surface area contributed by atoms with Gasteiger partial charge in [-0.1, -0.05) is 103 Å². The zero-order valence-corrected chi connectivity index (χ0v) is 18.6. The highest BCUT2D eigenvalue weighted by Crippen LogP contribution is 2.30. The Morgan fingerprint density at radius 1 is 0.559 bits per heavy atom. The smallest absolute Gasteiger partial charge is 0.338 e. The molecule has 0 saturated heterocycles. The van der Waals surface area contributed by atoms with Gasteiger partial charge in [-0.05, 0) is 41.0 Å². The Bertz CT molecular complexity index is 1340. The number of ether oxygens (including phenoxy) is 1. The van der Waals surface area contributed by atoms with Crippen LogP contribution in [0.4, 0.5) is 0 Å². The molecule has 3 nitrogen and oxygen atoms in total. The molecule has 0 bridgehead atoms. The third-order valence-electron chi connectivity index (χ3n) is 5.61. The molecule has 1 aromatic heterocycles. The summed E-state index contributed by atoms with van der Waals surface area (Å²) in [5.41, 5.74) is 7.26. The summed E-state index contributed by atoms with van der Waals surface area (Å²) in [6.45, 7) is 0.246. The van der Waals surface area contributed by atoms with Gasteiger partial charge in [0.1, 0.15) is 6.61 Å². The molecular weight excluding hydrogens is 418 g/mol. The number of pyridine rings is 1. The van der Waals surface area contributed by atoms with Gasteiger partial charge < -0.3 is 4.74 Å². The van der Waals surface area contributed by atoms with Crippen molar-refractivity contribution in [3.8, 4) is 33.6 Å². The minimum Gasteiger partial charge on any atom is -0.457 e. The molecule has 164 valence electrons. The van der Waals surface area contributed by atoms with E-state index in [1.54, 1.807) is 6.07 Å². The molecule has 0 N–H and O–H groups in total. The molecule has 5 rings (SSSR count). The van der Waals surface area contributed by atoms with Crippen molar-refractivity contribution in [1.29, 1.82) is 0 Å². The first-order valence-corrected chi connectivity index (χ1v) is 11.2. The van der Waals surface area contributed by atoms with Crippen LogP contribution in [-0.4, -0.2) is 11.0 Å². The molecule has 0 spiro atoms. The van der Waals surface area contributed by atoms with E-state index in [-0.39, 0.29) is 12.6 Å². The second kappa shape index (κ2) is 9.97. The number of carbonyl (C=O) groups is 1. The second-order valence-corrected chi connectivity index (χ2v) is 8.00. The number of hydrogen-bond donors (Lipinski definition) is 0. The molecule has 3 heteroatoms. The number of hydrogen-bond acceptors (Lipinski definition) is 3. The van der Waals surface area contributed by atoms with Crippen LogP contribution in [0.1, 0.15) is 15.9 Å². The summed E-state index contributed by atoms with van der Waals surface area (Å²) < 4.78 is 5.54. The molecule has 0 aliphatic heterocycles. The fraction of sp³-hybridized carbons (Fsp3) is 0.0323. The summed E-state index contributed by atoms with van der Waals surface area (Å²) in [5.74, 6) is -0.341. The van der Waals surface area contributed by atoms with Crippen molar-refractivity contribution >= 4 is 5.97 Å². The maximum atomic E-state index is 12.7. The van der Waals surface area contributed by atoms with Gasteiger partial charge in [-0.2, -0.15) is 0 Å². The number of benzene rings is 4. The first kappa shape index (κ1) is 21.4. The summed E-state index contributed by atoms with van der Waals surface area (Å²) >= 11 is 0. The molecule has 1 heterocycles. The summed E-state index contributed by atoms with van der Waals surface area (Å²) in [6.07, 6.45) is 0. The van der Waals surface area contributed by atoms with Gasteiger partial charge in [0.15, 0.2) is 0 Å². The van der Waals surface area contributed by atoms with Crippen LogP contribution in [-0.2, 0) is 11.3 Å². The summed E-state index contributed by atoms with van der Waals surface area (Å²) in [5, 5.41) is 0. The average molecular weight is 442 g/mol. The van der Waals surface area contributed by atoms with E-state index >= 15 is 0 Å². The van der Waals surface area contributed by atoms with Crippen molar-refractivity contribution in [2.75, 3.05) is 0 Å². The average Bonchev–Trinajstić information content (AvgIpc) is 2.93. The van der Waals surface area contributed by atoms with Gasteiger partial charge in [0.05, 0.1) is 17.0 Å². The predicted octanol–water partition coefficient (Wildman–Crippen LogP) is 7.44. The lowest BCUT2D eigenvalue weighted by Crippen LogP contribution is -2.05. The minimum atomic E-state index is -0.341. The highest BCUT2D eigenvalue weighted by molar-refractivity contribution is 5.91. The molecule has 34 heavy (non-hydrogen) atoms. The molecule has 0 fully saturated rings. The number of carbonyl (C=O) groups excluding carboxylic acids is 1. The van der Waals surface area contributed by atoms with Crippen LogP contribution in [0.2, 0.25) is 0 Å². The first-order valence-electron chi connectivity index (χ1n) is 11.2. The number of esters is 1. The molecule has 0 aliphatic rings. The van der Waals surface area contributed by atoms with Gasteiger partial charge in [-0.3, -0.25) is 0 Å². The summed E-state index contributed by atoms with van der Waals surface area (Å²) in [7, 11) is 0. The normalized spacial score (nSPS) is 10.6. The Morgan fingerprint density at radius 3 is 1.68 bits per heavy atom. The molecule has 0 unspecified atom stereocenters. The van der Waals surface area contributed by atoms with Gasteiger partial charge in [0.25, 0.3) is 0 Å². The van der Waals surface area contributed by atoms with Gasteiger partial charge in [-0.15, -0.1) is 0 Å². The highest BCUT2D eigenvalue weighted by atomic mass is 16.5. The van der Waals surface area contributed by atoms with Crippen molar-refractivity contribution in [1.82, 2.24) is 4.98 Å². The quantitative estimate of drug-likeness (QED) is 0.257. The van der Waals surface area contributed by atoms with E-state index < -0.39 is 0 Å². The van der Waals surface area contributed by atoms with Crippen LogP contribution in [0.15, 0.2) is 127 Å². The Morgan fingerprint density at radius 2 is 1.09 bits per heavy atom. The van der Waals surface area contributed by atoms with E-state index in [0.29, 0.717) is 5.56 Å². The third-order valence-corrected chi connectivity index (χ3v) is 5.61. The summed E-state index contributed by atoms with van der Waals surface area (Å²) in [4.78, 5) is 17.7. The van der Waals surface area contributed by atoms with Crippen molar-refractivity contribution in [3.05, 3.63) is 139 Å². The van der Waals surface area contributed by atoms with Crippen LogP contribution in [0.3, 0.4) is 0 Å². The van der Waals surface area contributed by atoms with Gasteiger partial charge in [-0.25, -0.2) is 9.78 Å². The minimum absolute atomic E-state index is 0.246. The Hall–Kier alpha value is -4.50. The van der Waals surface area contributed by atoms with E-state index in [4.69, 9.17) is 9.72 Å². The van der Waals surface area contributed by atoms with Crippen LogP contribution in [0.25, 0.3) is 33.6 Å². The molecule has 0 radical (unpaired) electrons. The predicted molar refractivity (Wildman–Crippen MR) is 136 cm³/mol. The van der Waals surface area contributed by atoms with Crippen molar-refractivity contribution in [3.63, 3.8) is 0 Å². The molecule has 0 atom stereocenters. The van der Waals surface area contributed by atoms with Crippen LogP contribution >= 0.6 is 0 Å². The largest absolute Gasteiger partial charge is 0.457 e. The van der Waals surface area contributed by atoms with E-state index in [2.05, 4.69) is 36.4 Å². The fourth-order valence-electron chi connectivity index (χ4n) is 3.84.